The van der Waals surface area contributed by atoms with Gasteiger partial charge in [0.05, 0.1) is 5.69 Å². The minimum Gasteiger partial charge on any atom is -0.479 e. The smallest absolute Gasteiger partial charge is 0.326 e. The Balaban J connectivity index is 1.79. The van der Waals surface area contributed by atoms with Crippen LogP contribution in [0.4, 0.5) is 11.4 Å². The summed E-state index contributed by atoms with van der Waals surface area (Å²) in [5.74, 6) is -0.168. The first-order chi connectivity index (χ1) is 10.6. The molecule has 118 valence electrons. The van der Waals surface area contributed by atoms with Crippen molar-refractivity contribution in [3.8, 4) is 5.75 Å². The normalized spacial score (nSPS) is 21.4. The number of fused-ring (bicyclic) bond motifs is 1. The molecule has 1 saturated carbocycles. The topological polar surface area (TPSA) is 81.9 Å². The number of para-hydroxylation sites is 1. The molecule has 1 aliphatic carbocycles. The SMILES string of the molecule is CC1Oc2cccc(N)c2N(CC(=O)OC2CCCC2)C1=O. The molecule has 2 aliphatic rings. The highest BCUT2D eigenvalue weighted by molar-refractivity contribution is 6.05. The Morgan fingerprint density at radius 3 is 2.86 bits per heavy atom. The molecule has 6 nitrogen and oxygen atoms in total. The summed E-state index contributed by atoms with van der Waals surface area (Å²) in [7, 11) is 0. The number of nitrogen functional groups attached to an aromatic ring is 1. The number of carbonyl (C=O) groups excluding carboxylic acids is 2. The fourth-order valence-electron chi connectivity index (χ4n) is 3.01. The van der Waals surface area contributed by atoms with Crippen molar-refractivity contribution in [3.05, 3.63) is 18.2 Å². The van der Waals surface area contributed by atoms with Crippen LogP contribution in [0, 0.1) is 0 Å². The van der Waals surface area contributed by atoms with Crippen LogP contribution in [-0.2, 0) is 14.3 Å². The first-order valence-electron chi connectivity index (χ1n) is 7.62. The molecule has 1 amide bonds. The molecule has 1 aromatic rings. The van der Waals surface area contributed by atoms with Gasteiger partial charge in [-0.3, -0.25) is 14.5 Å². The maximum atomic E-state index is 12.4. The molecule has 1 heterocycles. The summed E-state index contributed by atoms with van der Waals surface area (Å²) in [5.41, 5.74) is 6.81. The third-order valence-electron chi connectivity index (χ3n) is 4.11. The predicted molar refractivity (Wildman–Crippen MR) is 81.6 cm³/mol. The molecule has 1 unspecified atom stereocenters. The van der Waals surface area contributed by atoms with Crippen LogP contribution < -0.4 is 15.4 Å². The number of hydrogen-bond acceptors (Lipinski definition) is 5. The van der Waals surface area contributed by atoms with Crippen LogP contribution in [0.15, 0.2) is 18.2 Å². The van der Waals surface area contributed by atoms with Gasteiger partial charge in [-0.15, -0.1) is 0 Å². The van der Waals surface area contributed by atoms with Crippen LogP contribution in [0.2, 0.25) is 0 Å². The second-order valence-electron chi connectivity index (χ2n) is 5.77. The lowest BCUT2D eigenvalue weighted by Gasteiger charge is -2.33. The van der Waals surface area contributed by atoms with Gasteiger partial charge >= 0.3 is 5.97 Å². The van der Waals surface area contributed by atoms with Crippen molar-refractivity contribution in [2.45, 2.75) is 44.8 Å². The zero-order chi connectivity index (χ0) is 15.7. The Labute approximate surface area is 129 Å². The Morgan fingerprint density at radius 1 is 1.41 bits per heavy atom. The van der Waals surface area contributed by atoms with E-state index in [1.54, 1.807) is 25.1 Å². The summed E-state index contributed by atoms with van der Waals surface area (Å²) >= 11 is 0. The van der Waals surface area contributed by atoms with E-state index in [2.05, 4.69) is 0 Å². The van der Waals surface area contributed by atoms with E-state index >= 15 is 0 Å². The lowest BCUT2D eigenvalue weighted by atomic mass is 10.1. The van der Waals surface area contributed by atoms with Crippen LogP contribution in [-0.4, -0.2) is 30.6 Å². The zero-order valence-electron chi connectivity index (χ0n) is 12.6. The number of hydrogen-bond donors (Lipinski definition) is 1. The van der Waals surface area contributed by atoms with Crippen molar-refractivity contribution in [1.29, 1.82) is 0 Å². The van der Waals surface area contributed by atoms with Crippen LogP contribution in [0.3, 0.4) is 0 Å². The molecule has 1 fully saturated rings. The number of carbonyl (C=O) groups is 2. The van der Waals surface area contributed by atoms with Gasteiger partial charge in [-0.1, -0.05) is 6.07 Å². The summed E-state index contributed by atoms with van der Waals surface area (Å²) < 4.78 is 11.0. The van der Waals surface area contributed by atoms with Crippen molar-refractivity contribution in [2.24, 2.45) is 0 Å². The van der Waals surface area contributed by atoms with Crippen molar-refractivity contribution >= 4 is 23.3 Å². The first-order valence-corrected chi connectivity index (χ1v) is 7.62. The van der Waals surface area contributed by atoms with Gasteiger partial charge in [0.15, 0.2) is 6.10 Å². The fraction of sp³-hybridized carbons (Fsp3) is 0.500. The van der Waals surface area contributed by atoms with Crippen LogP contribution in [0.1, 0.15) is 32.6 Å². The van der Waals surface area contributed by atoms with Gasteiger partial charge in [-0.25, -0.2) is 0 Å². The summed E-state index contributed by atoms with van der Waals surface area (Å²) in [6.45, 7) is 1.52. The van der Waals surface area contributed by atoms with Crippen LogP contribution in [0.25, 0.3) is 0 Å². The van der Waals surface area contributed by atoms with E-state index in [-0.39, 0.29) is 18.6 Å². The fourth-order valence-corrected chi connectivity index (χ4v) is 3.01. The molecule has 6 heteroatoms. The number of rotatable bonds is 3. The van der Waals surface area contributed by atoms with E-state index in [0.29, 0.717) is 17.1 Å². The third kappa shape index (κ3) is 2.73. The lowest BCUT2D eigenvalue weighted by Crippen LogP contribution is -2.47. The Bertz CT molecular complexity index is 596. The van der Waals surface area contributed by atoms with Crippen molar-refractivity contribution in [2.75, 3.05) is 17.2 Å². The highest BCUT2D eigenvalue weighted by Crippen LogP contribution is 2.38. The van der Waals surface area contributed by atoms with E-state index in [1.165, 1.54) is 4.90 Å². The van der Waals surface area contributed by atoms with Gasteiger partial charge in [0.2, 0.25) is 0 Å². The number of nitrogens with zero attached hydrogens (tertiary/aromatic N) is 1. The Kier molecular flexibility index (Phi) is 3.92. The summed E-state index contributed by atoms with van der Waals surface area (Å²) in [4.78, 5) is 25.9. The van der Waals surface area contributed by atoms with Crippen molar-refractivity contribution in [1.82, 2.24) is 0 Å². The van der Waals surface area contributed by atoms with Gasteiger partial charge < -0.3 is 15.2 Å². The monoisotopic (exact) mass is 304 g/mol. The van der Waals surface area contributed by atoms with Crippen molar-refractivity contribution < 1.29 is 19.1 Å². The van der Waals surface area contributed by atoms with Gasteiger partial charge in [-0.05, 0) is 44.7 Å². The van der Waals surface area contributed by atoms with E-state index in [4.69, 9.17) is 15.2 Å². The molecule has 3 rings (SSSR count). The number of anilines is 2. The highest BCUT2D eigenvalue weighted by Gasteiger charge is 2.35. The zero-order valence-corrected chi connectivity index (χ0v) is 12.6. The molecular formula is C16H20N2O4. The molecule has 1 aromatic carbocycles. The molecule has 1 atom stereocenters. The Hall–Kier alpha value is -2.24. The van der Waals surface area contributed by atoms with Crippen molar-refractivity contribution in [3.63, 3.8) is 0 Å². The summed E-state index contributed by atoms with van der Waals surface area (Å²) in [5, 5.41) is 0. The second kappa shape index (κ2) is 5.87. The predicted octanol–water partition coefficient (Wildman–Crippen LogP) is 1.87. The van der Waals surface area contributed by atoms with E-state index in [9.17, 15) is 9.59 Å². The van der Waals surface area contributed by atoms with E-state index in [1.807, 2.05) is 0 Å². The molecule has 0 aromatic heterocycles. The molecule has 22 heavy (non-hydrogen) atoms. The highest BCUT2D eigenvalue weighted by atomic mass is 16.5. The number of nitrogens with two attached hydrogens (primary N) is 1. The standard InChI is InChI=1S/C16H20N2O4/c1-10-16(20)18(9-14(19)22-11-5-2-3-6-11)15-12(17)7-4-8-13(15)21-10/h4,7-8,10-11H,2-3,5-6,9,17H2,1H3. The summed E-state index contributed by atoms with van der Waals surface area (Å²) in [6, 6.07) is 5.18. The average Bonchev–Trinajstić information content (AvgIpc) is 2.96. The van der Waals surface area contributed by atoms with Gasteiger partial charge in [0, 0.05) is 0 Å². The van der Waals surface area contributed by atoms with Crippen LogP contribution in [0.5, 0.6) is 5.75 Å². The quantitative estimate of drug-likeness (QED) is 0.681. The number of esters is 1. The van der Waals surface area contributed by atoms with E-state index in [0.717, 1.165) is 25.7 Å². The van der Waals surface area contributed by atoms with Crippen LogP contribution >= 0.6 is 0 Å². The lowest BCUT2D eigenvalue weighted by molar-refractivity contribution is -0.148. The number of ether oxygens (including phenoxy) is 2. The minimum atomic E-state index is -0.645. The molecule has 2 N–H and O–H groups in total. The second-order valence-corrected chi connectivity index (χ2v) is 5.77. The van der Waals surface area contributed by atoms with Gasteiger partial charge in [0.25, 0.3) is 5.91 Å². The first kappa shape index (κ1) is 14.7. The van der Waals surface area contributed by atoms with E-state index < -0.39 is 12.1 Å². The molecule has 0 spiro atoms. The molecule has 0 bridgehead atoms. The average molecular weight is 304 g/mol. The maximum absolute atomic E-state index is 12.4. The molecule has 1 aliphatic heterocycles. The molecular weight excluding hydrogens is 284 g/mol. The number of amides is 1. The van der Waals surface area contributed by atoms with Gasteiger partial charge in [-0.2, -0.15) is 0 Å². The minimum absolute atomic E-state index is 0.0198. The molecule has 0 saturated heterocycles. The maximum Gasteiger partial charge on any atom is 0.326 e. The largest absolute Gasteiger partial charge is 0.479 e. The molecule has 0 radical (unpaired) electrons. The third-order valence-corrected chi connectivity index (χ3v) is 4.11. The Morgan fingerprint density at radius 2 is 2.14 bits per heavy atom. The summed E-state index contributed by atoms with van der Waals surface area (Å²) in [6.07, 6.45) is 3.31. The van der Waals surface area contributed by atoms with Gasteiger partial charge in [0.1, 0.15) is 24.1 Å². The number of benzene rings is 1.